The number of methoxy groups -OCH3 is 1. The number of primary amides is 1. The summed E-state index contributed by atoms with van der Waals surface area (Å²) in [5, 5.41) is 2.68. The van der Waals surface area contributed by atoms with Gasteiger partial charge in [-0.2, -0.15) is 0 Å². The molecule has 2 amide bonds. The molecular weight excluding hydrogens is 440 g/mol. The Morgan fingerprint density at radius 3 is 2.42 bits per heavy atom. The summed E-state index contributed by atoms with van der Waals surface area (Å²) in [6, 6.07) is 11.6. The minimum Gasteiger partial charge on any atom is -0.497 e. The molecule has 24 heavy (non-hydrogen) atoms. The van der Waals surface area contributed by atoms with Crippen LogP contribution in [0.1, 0.15) is 15.9 Å². The lowest BCUT2D eigenvalue weighted by molar-refractivity contribution is -0.119. The zero-order valence-corrected chi connectivity index (χ0v) is 16.1. The second-order valence-corrected chi connectivity index (χ2v) is 6.97. The van der Waals surface area contributed by atoms with Gasteiger partial charge in [0, 0.05) is 20.9 Å². The largest absolute Gasteiger partial charge is 0.497 e. The number of ether oxygens (including phenoxy) is 1. The van der Waals surface area contributed by atoms with Crippen LogP contribution in [0.4, 0.5) is 0 Å². The van der Waals surface area contributed by atoms with E-state index in [1.807, 2.05) is 18.2 Å². The standard InChI is InChI=1S/C17H16Br2N2O3/c1-24-14-4-2-3-10(5-14)6-15(16(20)22)21-17(23)11-7-12(18)9-13(19)8-11/h2-5,7-9,15H,6H2,1H3,(H2,20,22)(H,21,23)/t15-/m0/s1. The van der Waals surface area contributed by atoms with Crippen molar-refractivity contribution in [1.29, 1.82) is 0 Å². The number of nitrogens with two attached hydrogens (primary N) is 1. The zero-order valence-electron chi connectivity index (χ0n) is 12.9. The predicted octanol–water partition coefficient (Wildman–Crippen LogP) is 3.05. The van der Waals surface area contributed by atoms with E-state index in [9.17, 15) is 9.59 Å². The summed E-state index contributed by atoms with van der Waals surface area (Å²) in [7, 11) is 1.57. The third-order valence-corrected chi connectivity index (χ3v) is 4.26. The quantitative estimate of drug-likeness (QED) is 0.702. The number of halogens is 2. The molecule has 0 aliphatic carbocycles. The number of carbonyl (C=O) groups is 2. The number of rotatable bonds is 6. The van der Waals surface area contributed by atoms with Gasteiger partial charge in [0.2, 0.25) is 5.91 Å². The first-order chi connectivity index (χ1) is 11.4. The van der Waals surface area contributed by atoms with E-state index in [1.165, 1.54) is 0 Å². The summed E-state index contributed by atoms with van der Waals surface area (Å²) in [5.41, 5.74) is 6.70. The van der Waals surface area contributed by atoms with Gasteiger partial charge in [-0.3, -0.25) is 9.59 Å². The normalized spacial score (nSPS) is 11.6. The number of amides is 2. The molecular formula is C17H16Br2N2O3. The maximum Gasteiger partial charge on any atom is 0.252 e. The lowest BCUT2D eigenvalue weighted by Crippen LogP contribution is -2.45. The van der Waals surface area contributed by atoms with Gasteiger partial charge in [0.15, 0.2) is 0 Å². The fraction of sp³-hybridized carbons (Fsp3) is 0.176. The van der Waals surface area contributed by atoms with Crippen LogP contribution in [0.25, 0.3) is 0 Å². The van der Waals surface area contributed by atoms with Crippen LogP contribution in [0, 0.1) is 0 Å². The smallest absolute Gasteiger partial charge is 0.252 e. The molecule has 1 atom stereocenters. The van der Waals surface area contributed by atoms with E-state index in [1.54, 1.807) is 31.4 Å². The van der Waals surface area contributed by atoms with Gasteiger partial charge in [-0.25, -0.2) is 0 Å². The van der Waals surface area contributed by atoms with Crippen molar-refractivity contribution in [2.75, 3.05) is 7.11 Å². The van der Waals surface area contributed by atoms with E-state index in [4.69, 9.17) is 10.5 Å². The Hall–Kier alpha value is -1.86. The monoisotopic (exact) mass is 454 g/mol. The zero-order chi connectivity index (χ0) is 17.7. The van der Waals surface area contributed by atoms with Gasteiger partial charge in [0.25, 0.3) is 5.91 Å². The molecule has 126 valence electrons. The number of hydrogen-bond acceptors (Lipinski definition) is 3. The van der Waals surface area contributed by atoms with E-state index < -0.39 is 11.9 Å². The van der Waals surface area contributed by atoms with Crippen molar-refractivity contribution in [3.8, 4) is 5.75 Å². The first-order valence-electron chi connectivity index (χ1n) is 7.08. The molecule has 0 radical (unpaired) electrons. The van der Waals surface area contributed by atoms with E-state index in [0.717, 1.165) is 14.5 Å². The molecule has 2 aromatic rings. The highest BCUT2D eigenvalue weighted by atomic mass is 79.9. The van der Waals surface area contributed by atoms with Crippen LogP contribution in [-0.4, -0.2) is 25.0 Å². The van der Waals surface area contributed by atoms with E-state index in [2.05, 4.69) is 37.2 Å². The predicted molar refractivity (Wildman–Crippen MR) is 99.0 cm³/mol. The van der Waals surface area contributed by atoms with Crippen molar-refractivity contribution in [1.82, 2.24) is 5.32 Å². The molecule has 2 aromatic carbocycles. The lowest BCUT2D eigenvalue weighted by Gasteiger charge is -2.16. The maximum atomic E-state index is 12.4. The average molecular weight is 456 g/mol. The van der Waals surface area contributed by atoms with Gasteiger partial charge in [0.1, 0.15) is 11.8 Å². The van der Waals surface area contributed by atoms with Gasteiger partial charge < -0.3 is 15.8 Å². The van der Waals surface area contributed by atoms with Gasteiger partial charge in [0.05, 0.1) is 7.11 Å². The minimum atomic E-state index is -0.817. The van der Waals surface area contributed by atoms with Crippen molar-refractivity contribution >= 4 is 43.7 Å². The van der Waals surface area contributed by atoms with Gasteiger partial charge in [-0.05, 0) is 35.9 Å². The molecule has 0 fully saturated rings. The van der Waals surface area contributed by atoms with E-state index in [-0.39, 0.29) is 12.3 Å². The van der Waals surface area contributed by atoms with E-state index >= 15 is 0 Å². The Kier molecular flexibility index (Phi) is 6.39. The van der Waals surface area contributed by atoms with Crippen LogP contribution in [-0.2, 0) is 11.2 Å². The molecule has 5 nitrogen and oxygen atoms in total. The van der Waals surface area contributed by atoms with Crippen LogP contribution in [0.3, 0.4) is 0 Å². The molecule has 0 bridgehead atoms. The van der Waals surface area contributed by atoms with Gasteiger partial charge in [-0.15, -0.1) is 0 Å². The second-order valence-electron chi connectivity index (χ2n) is 5.14. The van der Waals surface area contributed by atoms with Crippen molar-refractivity contribution in [3.05, 3.63) is 62.5 Å². The number of nitrogens with one attached hydrogen (secondary N) is 1. The van der Waals surface area contributed by atoms with Crippen LogP contribution in [0.15, 0.2) is 51.4 Å². The molecule has 3 N–H and O–H groups in total. The van der Waals surface area contributed by atoms with Crippen molar-refractivity contribution < 1.29 is 14.3 Å². The summed E-state index contributed by atoms with van der Waals surface area (Å²) in [6.07, 6.45) is 0.285. The van der Waals surface area contributed by atoms with Crippen molar-refractivity contribution in [2.45, 2.75) is 12.5 Å². The fourth-order valence-corrected chi connectivity index (χ4v) is 3.48. The molecule has 0 aliphatic rings. The first-order valence-corrected chi connectivity index (χ1v) is 8.67. The molecule has 2 rings (SSSR count). The third-order valence-electron chi connectivity index (χ3n) is 3.35. The number of carbonyl (C=O) groups excluding carboxylic acids is 2. The summed E-state index contributed by atoms with van der Waals surface area (Å²) < 4.78 is 6.67. The summed E-state index contributed by atoms with van der Waals surface area (Å²) in [5.74, 6) is -0.290. The summed E-state index contributed by atoms with van der Waals surface area (Å²) in [6.45, 7) is 0. The topological polar surface area (TPSA) is 81.4 Å². The maximum absolute atomic E-state index is 12.4. The fourth-order valence-electron chi connectivity index (χ4n) is 2.18. The lowest BCUT2D eigenvalue weighted by atomic mass is 10.0. The van der Waals surface area contributed by atoms with Crippen LogP contribution in [0.5, 0.6) is 5.75 Å². The average Bonchev–Trinajstić information content (AvgIpc) is 2.53. The number of benzene rings is 2. The van der Waals surface area contributed by atoms with Gasteiger partial charge >= 0.3 is 0 Å². The SMILES string of the molecule is COc1cccc(C[C@H](NC(=O)c2cc(Br)cc(Br)c2)C(N)=O)c1. The van der Waals surface area contributed by atoms with E-state index in [0.29, 0.717) is 11.3 Å². The Balaban J connectivity index is 2.15. The van der Waals surface area contributed by atoms with Crippen LogP contribution < -0.4 is 15.8 Å². The summed E-state index contributed by atoms with van der Waals surface area (Å²) in [4.78, 5) is 24.1. The Labute approximate surface area is 156 Å². The molecule has 0 spiro atoms. The molecule has 0 saturated heterocycles. The molecule has 0 aromatic heterocycles. The Bertz CT molecular complexity index is 745. The summed E-state index contributed by atoms with van der Waals surface area (Å²) >= 11 is 6.66. The molecule has 0 heterocycles. The Morgan fingerprint density at radius 2 is 1.83 bits per heavy atom. The van der Waals surface area contributed by atoms with Crippen LogP contribution >= 0.6 is 31.9 Å². The minimum absolute atomic E-state index is 0.285. The van der Waals surface area contributed by atoms with Crippen LogP contribution in [0.2, 0.25) is 0 Å². The molecule has 0 unspecified atom stereocenters. The third kappa shape index (κ3) is 5.07. The first kappa shape index (κ1) is 18.5. The highest BCUT2D eigenvalue weighted by Gasteiger charge is 2.20. The molecule has 7 heteroatoms. The van der Waals surface area contributed by atoms with Crippen molar-refractivity contribution in [2.24, 2.45) is 5.73 Å². The highest BCUT2D eigenvalue weighted by molar-refractivity contribution is 9.11. The molecule has 0 aliphatic heterocycles. The highest BCUT2D eigenvalue weighted by Crippen LogP contribution is 2.20. The van der Waals surface area contributed by atoms with Crippen molar-refractivity contribution in [3.63, 3.8) is 0 Å². The molecule has 0 saturated carbocycles. The number of hydrogen-bond donors (Lipinski definition) is 2. The second kappa shape index (κ2) is 8.30. The Morgan fingerprint density at radius 1 is 1.17 bits per heavy atom. The van der Waals surface area contributed by atoms with Gasteiger partial charge in [-0.1, -0.05) is 44.0 Å².